The first kappa shape index (κ1) is 19.1. The molecule has 7 nitrogen and oxygen atoms in total. The summed E-state index contributed by atoms with van der Waals surface area (Å²) in [6.07, 6.45) is 1.91. The lowest BCUT2D eigenvalue weighted by molar-refractivity contribution is -0.119. The Morgan fingerprint density at radius 1 is 0.966 bits per heavy atom. The van der Waals surface area contributed by atoms with E-state index < -0.39 is 28.5 Å². The van der Waals surface area contributed by atoms with Crippen LogP contribution in [0.15, 0.2) is 59.5 Å². The van der Waals surface area contributed by atoms with Crippen molar-refractivity contribution in [1.82, 2.24) is 0 Å². The summed E-state index contributed by atoms with van der Waals surface area (Å²) in [5.41, 5.74) is 3.22. The summed E-state index contributed by atoms with van der Waals surface area (Å²) >= 11 is 0. The predicted octanol–water partition coefficient (Wildman–Crippen LogP) is 2.38. The van der Waals surface area contributed by atoms with E-state index in [1.54, 1.807) is 6.07 Å². The van der Waals surface area contributed by atoms with Crippen LogP contribution in [0.25, 0.3) is 10.8 Å². The number of esters is 1. The highest BCUT2D eigenvalue weighted by Gasteiger charge is 2.20. The van der Waals surface area contributed by atoms with Gasteiger partial charge in [0, 0.05) is 5.69 Å². The summed E-state index contributed by atoms with van der Waals surface area (Å²) in [6, 6.07) is 14.9. The highest BCUT2D eigenvalue weighted by Crippen LogP contribution is 2.33. The lowest BCUT2D eigenvalue weighted by atomic mass is 10.00. The Morgan fingerprint density at radius 2 is 1.66 bits per heavy atom. The van der Waals surface area contributed by atoms with Crippen LogP contribution in [0, 0.1) is 0 Å². The van der Waals surface area contributed by atoms with Gasteiger partial charge in [-0.1, -0.05) is 24.3 Å². The zero-order valence-corrected chi connectivity index (χ0v) is 16.2. The Hall–Kier alpha value is -3.23. The van der Waals surface area contributed by atoms with Crippen LogP contribution in [-0.4, -0.2) is 26.9 Å². The first-order valence-electron chi connectivity index (χ1n) is 8.96. The van der Waals surface area contributed by atoms with Crippen molar-refractivity contribution in [2.24, 2.45) is 5.14 Å². The van der Waals surface area contributed by atoms with Crippen LogP contribution in [0.2, 0.25) is 0 Å². The molecule has 0 bridgehead atoms. The molecule has 0 aromatic heterocycles. The number of benzene rings is 3. The smallest absolute Gasteiger partial charge is 0.339 e. The van der Waals surface area contributed by atoms with Crippen molar-refractivity contribution in [2.75, 3.05) is 11.9 Å². The van der Waals surface area contributed by atoms with Crippen LogP contribution in [0.1, 0.15) is 21.5 Å². The zero-order valence-electron chi connectivity index (χ0n) is 15.3. The van der Waals surface area contributed by atoms with E-state index in [1.807, 2.05) is 18.2 Å². The summed E-state index contributed by atoms with van der Waals surface area (Å²) < 4.78 is 27.7. The van der Waals surface area contributed by atoms with Gasteiger partial charge in [-0.3, -0.25) is 4.79 Å². The van der Waals surface area contributed by atoms with Gasteiger partial charge in [-0.25, -0.2) is 18.4 Å². The minimum absolute atomic E-state index is 0.0611. The third-order valence-electron chi connectivity index (χ3n) is 4.90. The molecule has 148 valence electrons. The van der Waals surface area contributed by atoms with Crippen molar-refractivity contribution < 1.29 is 22.7 Å². The fourth-order valence-corrected chi connectivity index (χ4v) is 4.07. The Morgan fingerprint density at radius 3 is 2.34 bits per heavy atom. The highest BCUT2D eigenvalue weighted by molar-refractivity contribution is 7.89. The summed E-state index contributed by atoms with van der Waals surface area (Å²) in [7, 11) is -3.80. The average Bonchev–Trinajstić information content (AvgIpc) is 3.11. The number of aryl methyl sites for hydroxylation is 2. The van der Waals surface area contributed by atoms with Crippen molar-refractivity contribution in [2.45, 2.75) is 17.7 Å². The molecule has 0 radical (unpaired) electrons. The van der Waals surface area contributed by atoms with Crippen molar-refractivity contribution in [3.8, 4) is 0 Å². The summed E-state index contributed by atoms with van der Waals surface area (Å²) in [4.78, 5) is 24.6. The van der Waals surface area contributed by atoms with Crippen molar-refractivity contribution in [3.05, 3.63) is 71.3 Å². The number of hydrogen-bond acceptors (Lipinski definition) is 5. The van der Waals surface area contributed by atoms with Crippen LogP contribution in [-0.2, 0) is 32.4 Å². The van der Waals surface area contributed by atoms with Crippen LogP contribution >= 0.6 is 0 Å². The number of nitrogens with two attached hydrogens (primary N) is 1. The molecule has 0 spiro atoms. The first-order valence-corrected chi connectivity index (χ1v) is 10.5. The molecule has 0 saturated heterocycles. The minimum atomic E-state index is -3.80. The molecule has 29 heavy (non-hydrogen) atoms. The van der Waals surface area contributed by atoms with Crippen LogP contribution in [0.5, 0.6) is 0 Å². The van der Waals surface area contributed by atoms with Crippen LogP contribution in [0.4, 0.5) is 5.69 Å². The zero-order chi connectivity index (χ0) is 20.6. The molecule has 0 aliphatic heterocycles. The molecule has 1 aliphatic rings. The topological polar surface area (TPSA) is 116 Å². The van der Waals surface area contributed by atoms with Gasteiger partial charge in [0.1, 0.15) is 0 Å². The maximum absolute atomic E-state index is 12.5. The highest BCUT2D eigenvalue weighted by atomic mass is 32.2. The number of sulfonamides is 1. The summed E-state index contributed by atoms with van der Waals surface area (Å²) in [5, 5.41) is 9.51. The predicted molar refractivity (Wildman–Crippen MR) is 108 cm³/mol. The van der Waals surface area contributed by atoms with E-state index in [4.69, 9.17) is 9.88 Å². The molecule has 1 aliphatic carbocycles. The number of amides is 1. The van der Waals surface area contributed by atoms with E-state index in [-0.39, 0.29) is 4.90 Å². The van der Waals surface area contributed by atoms with Crippen molar-refractivity contribution in [1.29, 1.82) is 0 Å². The average molecular weight is 410 g/mol. The van der Waals surface area contributed by atoms with E-state index in [0.29, 0.717) is 11.3 Å². The molecule has 0 saturated carbocycles. The van der Waals surface area contributed by atoms with E-state index >= 15 is 0 Å². The largest absolute Gasteiger partial charge is 0.452 e. The van der Waals surface area contributed by atoms with Gasteiger partial charge < -0.3 is 10.1 Å². The molecule has 0 atom stereocenters. The minimum Gasteiger partial charge on any atom is -0.452 e. The van der Waals surface area contributed by atoms with Gasteiger partial charge in [0.15, 0.2) is 6.61 Å². The van der Waals surface area contributed by atoms with E-state index in [9.17, 15) is 18.0 Å². The molecule has 1 amide bonds. The van der Waals surface area contributed by atoms with Crippen molar-refractivity contribution >= 4 is 38.4 Å². The standard InChI is InChI=1S/C21H18N2O5S/c22-29(26,27)16-9-7-15(8-10-16)23-19(24)12-28-21(25)18-11-6-14-5-4-13-2-1-3-17(18)20(13)14/h1-3,6-11H,4-5,12H2,(H,23,24)(H2,22,26,27). The lowest BCUT2D eigenvalue weighted by Gasteiger charge is -2.10. The molecule has 0 unspecified atom stereocenters. The fourth-order valence-electron chi connectivity index (χ4n) is 3.56. The number of rotatable bonds is 5. The Kier molecular flexibility index (Phi) is 4.81. The summed E-state index contributed by atoms with van der Waals surface area (Å²) in [5.74, 6) is -1.10. The van der Waals surface area contributed by atoms with Gasteiger partial charge in [0.05, 0.1) is 10.5 Å². The van der Waals surface area contributed by atoms with E-state index in [1.165, 1.54) is 35.4 Å². The van der Waals surface area contributed by atoms with Crippen molar-refractivity contribution in [3.63, 3.8) is 0 Å². The third kappa shape index (κ3) is 3.85. The van der Waals surface area contributed by atoms with Gasteiger partial charge in [0.2, 0.25) is 10.0 Å². The Balaban J connectivity index is 1.43. The number of primary sulfonamides is 1. The SMILES string of the molecule is NS(=O)(=O)c1ccc(NC(=O)COC(=O)c2ccc3c4c(cccc24)CC3)cc1. The molecule has 3 aromatic carbocycles. The lowest BCUT2D eigenvalue weighted by Crippen LogP contribution is -2.21. The van der Waals surface area contributed by atoms with Gasteiger partial charge in [-0.05, 0) is 65.1 Å². The molecule has 3 N–H and O–H groups in total. The molecule has 3 aromatic rings. The van der Waals surface area contributed by atoms with Gasteiger partial charge in [-0.15, -0.1) is 0 Å². The molecule has 0 heterocycles. The first-order chi connectivity index (χ1) is 13.8. The molecular formula is C21H18N2O5S. The Labute approximate surface area is 167 Å². The Bertz CT molecular complexity index is 1220. The van der Waals surface area contributed by atoms with Crippen LogP contribution in [0.3, 0.4) is 0 Å². The van der Waals surface area contributed by atoms with E-state index in [0.717, 1.165) is 23.6 Å². The van der Waals surface area contributed by atoms with Gasteiger partial charge in [0.25, 0.3) is 5.91 Å². The van der Waals surface area contributed by atoms with E-state index in [2.05, 4.69) is 11.4 Å². The molecule has 4 rings (SSSR count). The van der Waals surface area contributed by atoms with Gasteiger partial charge >= 0.3 is 5.97 Å². The van der Waals surface area contributed by atoms with Gasteiger partial charge in [-0.2, -0.15) is 0 Å². The number of hydrogen-bond donors (Lipinski definition) is 2. The quantitative estimate of drug-likeness (QED) is 0.627. The number of carbonyl (C=O) groups excluding carboxylic acids is 2. The number of nitrogens with one attached hydrogen (secondary N) is 1. The fraction of sp³-hybridized carbons (Fsp3) is 0.143. The number of ether oxygens (including phenoxy) is 1. The number of anilines is 1. The second kappa shape index (κ2) is 7.31. The maximum atomic E-state index is 12.5. The summed E-state index contributed by atoms with van der Waals surface area (Å²) in [6.45, 7) is -0.460. The number of carbonyl (C=O) groups is 2. The third-order valence-corrected chi connectivity index (χ3v) is 5.83. The second-order valence-corrected chi connectivity index (χ2v) is 8.37. The van der Waals surface area contributed by atoms with Crippen LogP contribution < -0.4 is 10.5 Å². The molecule has 0 fully saturated rings. The normalized spacial score (nSPS) is 12.7. The monoisotopic (exact) mass is 410 g/mol. The molecular weight excluding hydrogens is 392 g/mol. The maximum Gasteiger partial charge on any atom is 0.339 e. The second-order valence-electron chi connectivity index (χ2n) is 6.81. The molecule has 8 heteroatoms.